The SMILES string of the molecule is NCC1CCCCCC(Br)CC1. The lowest BCUT2D eigenvalue weighted by molar-refractivity contribution is 0.440. The quantitative estimate of drug-likeness (QED) is 0.693. The molecule has 0 aromatic carbocycles. The van der Waals surface area contributed by atoms with Gasteiger partial charge in [-0.2, -0.15) is 0 Å². The number of rotatable bonds is 1. The Hall–Kier alpha value is 0.440. The minimum absolute atomic E-state index is 0.754. The number of hydrogen-bond donors (Lipinski definition) is 1. The van der Waals surface area contributed by atoms with Gasteiger partial charge in [-0.15, -0.1) is 0 Å². The molecule has 0 aromatic heterocycles. The molecule has 1 rings (SSSR count). The van der Waals surface area contributed by atoms with Crippen molar-refractivity contribution in [3.8, 4) is 0 Å². The van der Waals surface area contributed by atoms with E-state index in [0.717, 1.165) is 17.3 Å². The van der Waals surface area contributed by atoms with E-state index in [1.165, 1.54) is 44.9 Å². The molecule has 72 valence electrons. The summed E-state index contributed by atoms with van der Waals surface area (Å²) in [7, 11) is 0. The molecule has 0 radical (unpaired) electrons. The zero-order chi connectivity index (χ0) is 8.81. The van der Waals surface area contributed by atoms with Crippen molar-refractivity contribution in [3.63, 3.8) is 0 Å². The summed E-state index contributed by atoms with van der Waals surface area (Å²) in [6, 6.07) is 0. The van der Waals surface area contributed by atoms with E-state index in [4.69, 9.17) is 5.73 Å². The minimum Gasteiger partial charge on any atom is -0.330 e. The molecule has 0 aromatic rings. The average Bonchev–Trinajstić information content (AvgIpc) is 2.17. The second-order valence-corrected chi connectivity index (χ2v) is 5.21. The van der Waals surface area contributed by atoms with Crippen LogP contribution >= 0.6 is 15.9 Å². The molecule has 2 unspecified atom stereocenters. The van der Waals surface area contributed by atoms with Crippen molar-refractivity contribution in [2.24, 2.45) is 11.7 Å². The fraction of sp³-hybridized carbons (Fsp3) is 1.00. The van der Waals surface area contributed by atoms with E-state index in [1.807, 2.05) is 0 Å². The minimum atomic E-state index is 0.754. The van der Waals surface area contributed by atoms with Crippen molar-refractivity contribution >= 4 is 15.9 Å². The zero-order valence-corrected chi connectivity index (χ0v) is 9.35. The van der Waals surface area contributed by atoms with Crippen molar-refractivity contribution in [1.82, 2.24) is 0 Å². The summed E-state index contributed by atoms with van der Waals surface area (Å²) in [5.41, 5.74) is 5.70. The lowest BCUT2D eigenvalue weighted by Crippen LogP contribution is -2.15. The summed E-state index contributed by atoms with van der Waals surface area (Å²) >= 11 is 3.72. The molecule has 2 atom stereocenters. The number of halogens is 1. The fourth-order valence-corrected chi connectivity index (χ4v) is 2.50. The van der Waals surface area contributed by atoms with Crippen LogP contribution in [0.15, 0.2) is 0 Å². The molecule has 0 aliphatic heterocycles. The Morgan fingerprint density at radius 1 is 1.00 bits per heavy atom. The molecule has 1 aliphatic carbocycles. The van der Waals surface area contributed by atoms with Gasteiger partial charge in [-0.05, 0) is 38.1 Å². The van der Waals surface area contributed by atoms with Crippen molar-refractivity contribution in [3.05, 3.63) is 0 Å². The predicted molar refractivity (Wildman–Crippen MR) is 57.6 cm³/mol. The summed E-state index contributed by atoms with van der Waals surface area (Å²) in [6.07, 6.45) is 9.55. The van der Waals surface area contributed by atoms with Gasteiger partial charge in [-0.3, -0.25) is 0 Å². The third-order valence-electron chi connectivity index (χ3n) is 2.85. The molecule has 12 heavy (non-hydrogen) atoms. The fourth-order valence-electron chi connectivity index (χ4n) is 1.92. The van der Waals surface area contributed by atoms with Crippen molar-refractivity contribution in [1.29, 1.82) is 0 Å². The van der Waals surface area contributed by atoms with Crippen LogP contribution in [0.4, 0.5) is 0 Å². The number of hydrogen-bond acceptors (Lipinski definition) is 1. The maximum absolute atomic E-state index is 5.70. The largest absolute Gasteiger partial charge is 0.330 e. The summed E-state index contributed by atoms with van der Waals surface area (Å²) < 4.78 is 0. The predicted octanol–water partition coefficient (Wildman–Crippen LogP) is 3.07. The first kappa shape index (κ1) is 10.5. The molecule has 0 spiro atoms. The van der Waals surface area contributed by atoms with E-state index < -0.39 is 0 Å². The van der Waals surface area contributed by atoms with Crippen molar-refractivity contribution in [2.75, 3.05) is 6.54 Å². The third kappa shape index (κ3) is 3.90. The van der Waals surface area contributed by atoms with E-state index in [1.54, 1.807) is 0 Å². The second kappa shape index (κ2) is 5.98. The summed E-state index contributed by atoms with van der Waals surface area (Å²) in [5.74, 6) is 0.795. The molecule has 0 amide bonds. The van der Waals surface area contributed by atoms with Crippen LogP contribution in [0, 0.1) is 5.92 Å². The van der Waals surface area contributed by atoms with Gasteiger partial charge < -0.3 is 5.73 Å². The standard InChI is InChI=1S/C10H20BrN/c11-10-5-3-1-2-4-9(8-12)6-7-10/h9-10H,1-8,12H2. The average molecular weight is 234 g/mol. The van der Waals surface area contributed by atoms with E-state index in [0.29, 0.717) is 0 Å². The topological polar surface area (TPSA) is 26.0 Å². The van der Waals surface area contributed by atoms with Gasteiger partial charge in [-0.25, -0.2) is 0 Å². The van der Waals surface area contributed by atoms with Gasteiger partial charge in [-0.1, -0.05) is 35.2 Å². The smallest absolute Gasteiger partial charge is 0.0145 e. The molecule has 0 saturated heterocycles. The lowest BCUT2D eigenvalue weighted by atomic mass is 9.97. The summed E-state index contributed by atoms with van der Waals surface area (Å²) in [6.45, 7) is 0.889. The maximum Gasteiger partial charge on any atom is 0.0145 e. The molecule has 0 bridgehead atoms. The van der Waals surface area contributed by atoms with E-state index in [9.17, 15) is 0 Å². The van der Waals surface area contributed by atoms with Crippen LogP contribution in [0.2, 0.25) is 0 Å². The number of alkyl halides is 1. The molecular weight excluding hydrogens is 214 g/mol. The van der Waals surface area contributed by atoms with Gasteiger partial charge in [0.05, 0.1) is 0 Å². The van der Waals surface area contributed by atoms with Gasteiger partial charge >= 0.3 is 0 Å². The van der Waals surface area contributed by atoms with Crippen LogP contribution in [0.5, 0.6) is 0 Å². The van der Waals surface area contributed by atoms with Crippen molar-refractivity contribution < 1.29 is 0 Å². The second-order valence-electron chi connectivity index (χ2n) is 3.91. The van der Waals surface area contributed by atoms with Gasteiger partial charge in [0.2, 0.25) is 0 Å². The van der Waals surface area contributed by atoms with Crippen LogP contribution in [0.3, 0.4) is 0 Å². The highest BCUT2D eigenvalue weighted by molar-refractivity contribution is 9.09. The Morgan fingerprint density at radius 2 is 1.75 bits per heavy atom. The monoisotopic (exact) mass is 233 g/mol. The van der Waals surface area contributed by atoms with E-state index in [-0.39, 0.29) is 0 Å². The maximum atomic E-state index is 5.70. The Kier molecular flexibility index (Phi) is 5.24. The first-order valence-corrected chi connectivity index (χ1v) is 6.08. The lowest BCUT2D eigenvalue weighted by Gasteiger charge is -2.13. The summed E-state index contributed by atoms with van der Waals surface area (Å²) in [4.78, 5) is 0.754. The van der Waals surface area contributed by atoms with Gasteiger partial charge in [0.15, 0.2) is 0 Å². The van der Waals surface area contributed by atoms with Crippen LogP contribution in [-0.4, -0.2) is 11.4 Å². The van der Waals surface area contributed by atoms with Gasteiger partial charge in [0.25, 0.3) is 0 Å². The van der Waals surface area contributed by atoms with Crippen LogP contribution in [0.1, 0.15) is 44.9 Å². The highest BCUT2D eigenvalue weighted by Gasteiger charge is 2.12. The molecule has 2 heteroatoms. The Morgan fingerprint density at radius 3 is 2.50 bits per heavy atom. The van der Waals surface area contributed by atoms with Crippen LogP contribution in [-0.2, 0) is 0 Å². The Labute approximate surface area is 84.2 Å². The van der Waals surface area contributed by atoms with Gasteiger partial charge in [0.1, 0.15) is 0 Å². The zero-order valence-electron chi connectivity index (χ0n) is 7.77. The number of nitrogens with two attached hydrogens (primary N) is 1. The normalized spacial score (nSPS) is 33.5. The molecule has 1 aliphatic rings. The molecule has 1 fully saturated rings. The first-order valence-electron chi connectivity index (χ1n) is 5.17. The Balaban J connectivity index is 2.29. The molecule has 2 N–H and O–H groups in total. The molecule has 0 heterocycles. The van der Waals surface area contributed by atoms with E-state index >= 15 is 0 Å². The van der Waals surface area contributed by atoms with Gasteiger partial charge in [0, 0.05) is 4.83 Å². The van der Waals surface area contributed by atoms with E-state index in [2.05, 4.69) is 15.9 Å². The third-order valence-corrected chi connectivity index (χ3v) is 3.77. The highest BCUT2D eigenvalue weighted by Crippen LogP contribution is 2.24. The van der Waals surface area contributed by atoms with Crippen molar-refractivity contribution in [2.45, 2.75) is 49.8 Å². The Bertz CT molecular complexity index is 116. The van der Waals surface area contributed by atoms with Crippen LogP contribution in [0.25, 0.3) is 0 Å². The highest BCUT2D eigenvalue weighted by atomic mass is 79.9. The molecular formula is C10H20BrN. The first-order chi connectivity index (χ1) is 5.83. The molecule has 1 nitrogen and oxygen atoms in total. The van der Waals surface area contributed by atoms with Crippen LogP contribution < -0.4 is 5.73 Å². The molecule has 1 saturated carbocycles. The summed E-state index contributed by atoms with van der Waals surface area (Å²) in [5, 5.41) is 0.